The number of ether oxygens (including phenoxy) is 3. The van der Waals surface area contributed by atoms with Gasteiger partial charge in [-0.1, -0.05) is 15.9 Å². The number of hydrogen-bond acceptors (Lipinski definition) is 5. The number of benzene rings is 1. The summed E-state index contributed by atoms with van der Waals surface area (Å²) in [6.45, 7) is 4.89. The van der Waals surface area contributed by atoms with E-state index in [1.165, 1.54) is 0 Å². The van der Waals surface area contributed by atoms with Gasteiger partial charge in [0.2, 0.25) is 0 Å². The molecule has 0 aliphatic carbocycles. The average Bonchev–Trinajstić information content (AvgIpc) is 2.45. The molecule has 0 amide bonds. The Hall–Kier alpha value is -0.530. The molecule has 0 aliphatic rings. The highest BCUT2D eigenvalue weighted by atomic mass is 79.9. The quantitative estimate of drug-likeness (QED) is 0.607. The highest BCUT2D eigenvalue weighted by molar-refractivity contribution is 9.10. The molecule has 1 aromatic rings. The summed E-state index contributed by atoms with van der Waals surface area (Å²) in [5.74, 6) is 1.48. The van der Waals surface area contributed by atoms with E-state index in [1.54, 1.807) is 7.11 Å². The number of hydrogen-bond donors (Lipinski definition) is 2. The fourth-order valence-electron chi connectivity index (χ4n) is 1.75. The Morgan fingerprint density at radius 1 is 1.29 bits per heavy atom. The summed E-state index contributed by atoms with van der Waals surface area (Å²) < 4.78 is 17.1. The molecule has 0 atom stereocenters. The third-order valence-electron chi connectivity index (χ3n) is 2.58. The number of aliphatic hydroxyl groups excluding tert-OH is 1. The van der Waals surface area contributed by atoms with Crippen LogP contribution in [0.2, 0.25) is 0 Å². The predicted molar refractivity (Wildman–Crippen MR) is 88.7 cm³/mol. The van der Waals surface area contributed by atoms with Crippen molar-refractivity contribution < 1.29 is 19.3 Å². The molecule has 0 fully saturated rings. The van der Waals surface area contributed by atoms with Gasteiger partial charge in [-0.2, -0.15) is 0 Å². The maximum Gasteiger partial charge on any atom is 0.165 e. The minimum Gasteiger partial charge on any atom is -0.493 e. The van der Waals surface area contributed by atoms with Gasteiger partial charge in [-0.05, 0) is 19.1 Å². The summed E-state index contributed by atoms with van der Waals surface area (Å²) in [7, 11) is 1.63. The molecule has 1 aromatic carbocycles. The molecule has 5 nitrogen and oxygen atoms in total. The molecular weight excluding hydrogens is 362 g/mol. The zero-order chi connectivity index (χ0) is 14.8. The fraction of sp³-hybridized carbons (Fsp3) is 0.571. The van der Waals surface area contributed by atoms with Gasteiger partial charge in [0.15, 0.2) is 11.5 Å². The Labute approximate surface area is 140 Å². The first-order valence-electron chi connectivity index (χ1n) is 6.61. The summed E-state index contributed by atoms with van der Waals surface area (Å²) in [4.78, 5) is 0. The predicted octanol–water partition coefficient (Wildman–Crippen LogP) is 2.38. The number of aliphatic hydroxyl groups is 1. The van der Waals surface area contributed by atoms with Crippen LogP contribution in [0.3, 0.4) is 0 Å². The second-order valence-electron chi connectivity index (χ2n) is 4.04. The minimum absolute atomic E-state index is 0. The van der Waals surface area contributed by atoms with E-state index < -0.39 is 0 Å². The Bertz CT molecular complexity index is 407. The van der Waals surface area contributed by atoms with Crippen molar-refractivity contribution in [1.82, 2.24) is 5.32 Å². The molecular formula is C14H23BrClNO4. The first-order valence-corrected chi connectivity index (χ1v) is 7.40. The van der Waals surface area contributed by atoms with Crippen molar-refractivity contribution in [3.63, 3.8) is 0 Å². The van der Waals surface area contributed by atoms with Gasteiger partial charge in [0, 0.05) is 23.1 Å². The maximum absolute atomic E-state index is 8.60. The van der Waals surface area contributed by atoms with Crippen molar-refractivity contribution in [2.24, 2.45) is 0 Å². The Morgan fingerprint density at radius 3 is 2.67 bits per heavy atom. The Balaban J connectivity index is 0.00000400. The molecule has 0 unspecified atom stereocenters. The van der Waals surface area contributed by atoms with Gasteiger partial charge in [-0.15, -0.1) is 12.4 Å². The summed E-state index contributed by atoms with van der Waals surface area (Å²) >= 11 is 3.47. The van der Waals surface area contributed by atoms with Crippen LogP contribution in [0.4, 0.5) is 0 Å². The lowest BCUT2D eigenvalue weighted by Crippen LogP contribution is -2.20. The van der Waals surface area contributed by atoms with Crippen molar-refractivity contribution in [2.75, 3.05) is 40.1 Å². The summed E-state index contributed by atoms with van der Waals surface area (Å²) in [5.41, 5.74) is 1.03. The molecule has 1 rings (SSSR count). The van der Waals surface area contributed by atoms with E-state index in [-0.39, 0.29) is 19.0 Å². The molecule has 0 saturated carbocycles. The first kappa shape index (κ1) is 20.5. The molecule has 0 aliphatic heterocycles. The van der Waals surface area contributed by atoms with Crippen LogP contribution in [0.15, 0.2) is 16.6 Å². The molecule has 0 radical (unpaired) electrons. The van der Waals surface area contributed by atoms with Crippen LogP contribution >= 0.6 is 28.3 Å². The highest BCUT2D eigenvalue weighted by Crippen LogP contribution is 2.34. The third kappa shape index (κ3) is 7.33. The van der Waals surface area contributed by atoms with Crippen LogP contribution in [0.25, 0.3) is 0 Å². The van der Waals surface area contributed by atoms with Gasteiger partial charge in [-0.25, -0.2) is 0 Å². The molecule has 0 heterocycles. The van der Waals surface area contributed by atoms with Gasteiger partial charge < -0.3 is 24.6 Å². The summed E-state index contributed by atoms with van der Waals surface area (Å²) in [6, 6.07) is 3.90. The van der Waals surface area contributed by atoms with Gasteiger partial charge in [0.05, 0.1) is 33.5 Å². The number of nitrogens with one attached hydrogen (secondary N) is 1. The van der Waals surface area contributed by atoms with Gasteiger partial charge >= 0.3 is 0 Å². The number of halogens is 2. The smallest absolute Gasteiger partial charge is 0.165 e. The molecule has 0 aromatic heterocycles. The van der Waals surface area contributed by atoms with E-state index >= 15 is 0 Å². The van der Waals surface area contributed by atoms with Crippen molar-refractivity contribution in [3.05, 3.63) is 22.2 Å². The molecule has 0 bridgehead atoms. The minimum atomic E-state index is 0. The lowest BCUT2D eigenvalue weighted by molar-refractivity contribution is 0.0937. The standard InChI is InChI=1S/C14H22BrNO4.ClH/c1-3-20-14-11(8-12(15)9-13(14)18-2)10-16-4-6-19-7-5-17;/h8-9,16-17H,3-7,10H2,1-2H3;1H. The molecule has 0 saturated heterocycles. The summed E-state index contributed by atoms with van der Waals surface area (Å²) in [6.07, 6.45) is 0. The van der Waals surface area contributed by atoms with Crippen molar-refractivity contribution >= 4 is 28.3 Å². The molecule has 2 N–H and O–H groups in total. The average molecular weight is 385 g/mol. The van der Waals surface area contributed by atoms with E-state index in [1.807, 2.05) is 19.1 Å². The maximum atomic E-state index is 8.60. The normalized spacial score (nSPS) is 10.1. The van der Waals surface area contributed by atoms with Crippen LogP contribution in [0, 0.1) is 0 Å². The molecule has 7 heteroatoms. The number of rotatable bonds is 10. The van der Waals surface area contributed by atoms with E-state index in [4.69, 9.17) is 19.3 Å². The lowest BCUT2D eigenvalue weighted by Gasteiger charge is -2.15. The van der Waals surface area contributed by atoms with Crippen LogP contribution in [-0.4, -0.2) is 45.2 Å². The van der Waals surface area contributed by atoms with Gasteiger partial charge in [0.1, 0.15) is 0 Å². The van der Waals surface area contributed by atoms with Crippen molar-refractivity contribution in [2.45, 2.75) is 13.5 Å². The van der Waals surface area contributed by atoms with Crippen molar-refractivity contribution in [1.29, 1.82) is 0 Å². The molecule has 21 heavy (non-hydrogen) atoms. The van der Waals surface area contributed by atoms with Crippen LogP contribution < -0.4 is 14.8 Å². The van der Waals surface area contributed by atoms with Gasteiger partial charge in [-0.3, -0.25) is 0 Å². The fourth-order valence-corrected chi connectivity index (χ4v) is 2.23. The zero-order valence-corrected chi connectivity index (χ0v) is 14.8. The van der Waals surface area contributed by atoms with Crippen LogP contribution in [0.5, 0.6) is 11.5 Å². The van der Waals surface area contributed by atoms with Crippen molar-refractivity contribution in [3.8, 4) is 11.5 Å². The largest absolute Gasteiger partial charge is 0.493 e. The Morgan fingerprint density at radius 2 is 2.05 bits per heavy atom. The third-order valence-corrected chi connectivity index (χ3v) is 3.04. The molecule has 122 valence electrons. The van der Waals surface area contributed by atoms with Crippen LogP contribution in [-0.2, 0) is 11.3 Å². The summed E-state index contributed by atoms with van der Waals surface area (Å²) in [5, 5.41) is 11.9. The van der Waals surface area contributed by atoms with E-state index in [9.17, 15) is 0 Å². The second kappa shape index (κ2) is 12.1. The van der Waals surface area contributed by atoms with Gasteiger partial charge in [0.25, 0.3) is 0 Å². The topological polar surface area (TPSA) is 60.0 Å². The zero-order valence-electron chi connectivity index (χ0n) is 12.4. The van der Waals surface area contributed by atoms with E-state index in [0.29, 0.717) is 32.9 Å². The van der Waals surface area contributed by atoms with E-state index in [0.717, 1.165) is 21.5 Å². The van der Waals surface area contributed by atoms with Crippen LogP contribution in [0.1, 0.15) is 12.5 Å². The highest BCUT2D eigenvalue weighted by Gasteiger charge is 2.12. The second-order valence-corrected chi connectivity index (χ2v) is 4.96. The number of methoxy groups -OCH3 is 1. The SMILES string of the molecule is CCOc1c(CNCCOCCO)cc(Br)cc1OC.Cl. The lowest BCUT2D eigenvalue weighted by atomic mass is 10.2. The Kier molecular flexibility index (Phi) is 11.8. The molecule has 0 spiro atoms. The first-order chi connectivity index (χ1) is 9.72. The monoisotopic (exact) mass is 383 g/mol. The van der Waals surface area contributed by atoms with E-state index in [2.05, 4.69) is 21.2 Å².